The highest BCUT2D eigenvalue weighted by Crippen LogP contribution is 2.21. The SMILES string of the molecule is O=C(N[C@H]1CCCNC1)c1cn[nH]c1-c1ccc(F)cc1. The van der Waals surface area contributed by atoms with Crippen LogP contribution in [0.4, 0.5) is 4.39 Å². The molecule has 1 fully saturated rings. The number of hydrogen-bond acceptors (Lipinski definition) is 3. The third-order valence-electron chi connectivity index (χ3n) is 3.65. The van der Waals surface area contributed by atoms with Crippen LogP contribution in [0.1, 0.15) is 23.2 Å². The Labute approximate surface area is 121 Å². The van der Waals surface area contributed by atoms with Crippen molar-refractivity contribution in [1.82, 2.24) is 20.8 Å². The van der Waals surface area contributed by atoms with Crippen molar-refractivity contribution in [1.29, 1.82) is 0 Å². The topological polar surface area (TPSA) is 69.8 Å². The molecule has 0 radical (unpaired) electrons. The van der Waals surface area contributed by atoms with Gasteiger partial charge in [-0.1, -0.05) is 0 Å². The highest BCUT2D eigenvalue weighted by Gasteiger charge is 2.20. The van der Waals surface area contributed by atoms with Crippen molar-refractivity contribution in [2.24, 2.45) is 0 Å². The predicted octanol–water partition coefficient (Wildman–Crippen LogP) is 1.70. The van der Waals surface area contributed by atoms with Crippen molar-refractivity contribution in [3.63, 3.8) is 0 Å². The molecule has 1 atom stereocenters. The lowest BCUT2D eigenvalue weighted by Gasteiger charge is -2.23. The molecular weight excluding hydrogens is 271 g/mol. The lowest BCUT2D eigenvalue weighted by molar-refractivity contribution is 0.0931. The van der Waals surface area contributed by atoms with E-state index in [1.165, 1.54) is 18.3 Å². The Balaban J connectivity index is 1.78. The summed E-state index contributed by atoms with van der Waals surface area (Å²) in [5.41, 5.74) is 1.82. The molecule has 3 N–H and O–H groups in total. The van der Waals surface area contributed by atoms with E-state index in [0.29, 0.717) is 11.3 Å². The molecule has 21 heavy (non-hydrogen) atoms. The summed E-state index contributed by atoms with van der Waals surface area (Å²) in [4.78, 5) is 12.4. The standard InChI is InChI=1S/C15H17FN4O/c16-11-5-3-10(4-6-11)14-13(9-18-20-14)15(21)19-12-2-1-7-17-8-12/h3-6,9,12,17H,1-2,7-8H2,(H,18,20)(H,19,21)/t12-/m0/s1. The van der Waals surface area contributed by atoms with Crippen molar-refractivity contribution in [3.05, 3.63) is 41.8 Å². The number of hydrogen-bond donors (Lipinski definition) is 3. The molecule has 0 unspecified atom stereocenters. The minimum absolute atomic E-state index is 0.141. The van der Waals surface area contributed by atoms with Gasteiger partial charge in [0, 0.05) is 18.2 Å². The number of carbonyl (C=O) groups excluding carboxylic acids is 1. The van der Waals surface area contributed by atoms with Crippen LogP contribution in [0.5, 0.6) is 0 Å². The fourth-order valence-corrected chi connectivity index (χ4v) is 2.53. The van der Waals surface area contributed by atoms with Gasteiger partial charge in [0.05, 0.1) is 17.5 Å². The van der Waals surface area contributed by atoms with E-state index in [-0.39, 0.29) is 17.8 Å². The highest BCUT2D eigenvalue weighted by atomic mass is 19.1. The summed E-state index contributed by atoms with van der Waals surface area (Å²) in [5, 5.41) is 13.0. The Kier molecular flexibility index (Phi) is 3.96. The van der Waals surface area contributed by atoms with E-state index < -0.39 is 0 Å². The minimum Gasteiger partial charge on any atom is -0.348 e. The van der Waals surface area contributed by atoms with Gasteiger partial charge in [-0.15, -0.1) is 0 Å². The summed E-state index contributed by atoms with van der Waals surface area (Å²) in [6.07, 6.45) is 3.54. The van der Waals surface area contributed by atoms with Crippen LogP contribution in [0.25, 0.3) is 11.3 Å². The molecule has 2 heterocycles. The average molecular weight is 288 g/mol. The van der Waals surface area contributed by atoms with Crippen LogP contribution >= 0.6 is 0 Å². The normalized spacial score (nSPS) is 18.4. The molecule has 1 amide bonds. The van der Waals surface area contributed by atoms with Crippen molar-refractivity contribution in [2.75, 3.05) is 13.1 Å². The summed E-state index contributed by atoms with van der Waals surface area (Å²) in [7, 11) is 0. The third kappa shape index (κ3) is 3.11. The number of piperidine rings is 1. The van der Waals surface area contributed by atoms with Crippen molar-refractivity contribution in [2.45, 2.75) is 18.9 Å². The van der Waals surface area contributed by atoms with Crippen LogP contribution < -0.4 is 10.6 Å². The van der Waals surface area contributed by atoms with Crippen molar-refractivity contribution < 1.29 is 9.18 Å². The highest BCUT2D eigenvalue weighted by molar-refractivity contribution is 5.99. The summed E-state index contributed by atoms with van der Waals surface area (Å²) in [6, 6.07) is 6.12. The van der Waals surface area contributed by atoms with Gasteiger partial charge >= 0.3 is 0 Å². The van der Waals surface area contributed by atoms with Gasteiger partial charge in [-0.25, -0.2) is 4.39 Å². The largest absolute Gasteiger partial charge is 0.348 e. The van der Waals surface area contributed by atoms with E-state index in [4.69, 9.17) is 0 Å². The first kappa shape index (κ1) is 13.8. The van der Waals surface area contributed by atoms with Crippen LogP contribution in [-0.4, -0.2) is 35.2 Å². The van der Waals surface area contributed by atoms with E-state index in [2.05, 4.69) is 20.8 Å². The zero-order chi connectivity index (χ0) is 14.7. The monoisotopic (exact) mass is 288 g/mol. The van der Waals surface area contributed by atoms with Crippen LogP contribution in [0.3, 0.4) is 0 Å². The summed E-state index contributed by atoms with van der Waals surface area (Å²) in [5.74, 6) is -0.464. The molecule has 5 nitrogen and oxygen atoms in total. The van der Waals surface area contributed by atoms with Crippen LogP contribution in [0.2, 0.25) is 0 Å². The fourth-order valence-electron chi connectivity index (χ4n) is 2.53. The van der Waals surface area contributed by atoms with Crippen molar-refractivity contribution >= 4 is 5.91 Å². The molecule has 0 saturated carbocycles. The summed E-state index contributed by atoms with van der Waals surface area (Å²) in [6.45, 7) is 1.79. The Hall–Kier alpha value is -2.21. The number of aromatic amines is 1. The lowest BCUT2D eigenvalue weighted by atomic mass is 10.1. The number of benzene rings is 1. The molecule has 3 rings (SSSR count). The molecule has 1 aromatic heterocycles. The molecule has 1 aliphatic rings. The predicted molar refractivity (Wildman–Crippen MR) is 77.3 cm³/mol. The van der Waals surface area contributed by atoms with E-state index >= 15 is 0 Å². The van der Waals surface area contributed by atoms with E-state index in [1.54, 1.807) is 12.1 Å². The maximum absolute atomic E-state index is 13.0. The second-order valence-electron chi connectivity index (χ2n) is 5.18. The lowest BCUT2D eigenvalue weighted by Crippen LogP contribution is -2.45. The molecule has 2 aromatic rings. The van der Waals surface area contributed by atoms with E-state index in [1.807, 2.05) is 0 Å². The first-order valence-corrected chi connectivity index (χ1v) is 7.05. The number of amides is 1. The van der Waals surface area contributed by atoms with Crippen molar-refractivity contribution in [3.8, 4) is 11.3 Å². The van der Waals surface area contributed by atoms with Crippen LogP contribution in [0.15, 0.2) is 30.5 Å². The van der Waals surface area contributed by atoms with Crippen LogP contribution in [-0.2, 0) is 0 Å². The minimum atomic E-state index is -0.308. The Morgan fingerprint density at radius 2 is 2.14 bits per heavy atom. The fraction of sp³-hybridized carbons (Fsp3) is 0.333. The number of aromatic nitrogens is 2. The number of rotatable bonds is 3. The molecule has 0 aliphatic carbocycles. The van der Waals surface area contributed by atoms with E-state index in [0.717, 1.165) is 31.5 Å². The maximum Gasteiger partial charge on any atom is 0.255 e. The number of nitrogens with zero attached hydrogens (tertiary/aromatic N) is 1. The third-order valence-corrected chi connectivity index (χ3v) is 3.65. The van der Waals surface area contributed by atoms with Gasteiger partial charge in [0.2, 0.25) is 0 Å². The zero-order valence-electron chi connectivity index (χ0n) is 11.5. The second kappa shape index (κ2) is 6.05. The quantitative estimate of drug-likeness (QED) is 0.805. The smallest absolute Gasteiger partial charge is 0.255 e. The first-order valence-electron chi connectivity index (χ1n) is 7.05. The van der Waals surface area contributed by atoms with Gasteiger partial charge in [0.25, 0.3) is 5.91 Å². The summed E-state index contributed by atoms with van der Waals surface area (Å²) >= 11 is 0. The molecule has 0 bridgehead atoms. The van der Waals surface area contributed by atoms with Gasteiger partial charge in [0.15, 0.2) is 0 Å². The van der Waals surface area contributed by atoms with Gasteiger partial charge in [-0.05, 0) is 43.7 Å². The molecule has 110 valence electrons. The maximum atomic E-state index is 13.0. The van der Waals surface area contributed by atoms with Gasteiger partial charge in [-0.3, -0.25) is 9.89 Å². The molecule has 1 aliphatic heterocycles. The van der Waals surface area contributed by atoms with Crippen LogP contribution in [0, 0.1) is 5.82 Å². The van der Waals surface area contributed by atoms with Gasteiger partial charge in [0.1, 0.15) is 5.82 Å². The molecule has 1 saturated heterocycles. The Bertz CT molecular complexity index is 617. The van der Waals surface area contributed by atoms with Gasteiger partial charge < -0.3 is 10.6 Å². The number of nitrogens with one attached hydrogen (secondary N) is 3. The Morgan fingerprint density at radius 1 is 1.33 bits per heavy atom. The number of halogens is 1. The first-order chi connectivity index (χ1) is 10.2. The zero-order valence-corrected chi connectivity index (χ0v) is 11.5. The molecule has 6 heteroatoms. The van der Waals surface area contributed by atoms with Gasteiger partial charge in [-0.2, -0.15) is 5.10 Å². The molecule has 0 spiro atoms. The summed E-state index contributed by atoms with van der Waals surface area (Å²) < 4.78 is 13.0. The average Bonchev–Trinajstić information content (AvgIpc) is 2.98. The Morgan fingerprint density at radius 3 is 2.86 bits per heavy atom. The second-order valence-corrected chi connectivity index (χ2v) is 5.18. The molecular formula is C15H17FN4O. The number of carbonyl (C=O) groups is 1. The molecule has 1 aromatic carbocycles. The number of H-pyrrole nitrogens is 1. The van der Waals surface area contributed by atoms with E-state index in [9.17, 15) is 9.18 Å².